The summed E-state index contributed by atoms with van der Waals surface area (Å²) < 4.78 is 15.3. The van der Waals surface area contributed by atoms with Crippen LogP contribution in [0.4, 0.5) is 10.1 Å². The Morgan fingerprint density at radius 3 is 2.64 bits per heavy atom. The van der Waals surface area contributed by atoms with Gasteiger partial charge in [-0.3, -0.25) is 9.59 Å². The second-order valence-electron chi connectivity index (χ2n) is 5.96. The van der Waals surface area contributed by atoms with E-state index in [0.29, 0.717) is 21.7 Å². The molecule has 1 amide bonds. The van der Waals surface area contributed by atoms with Crippen LogP contribution in [0.3, 0.4) is 0 Å². The number of carbonyl (C=O) groups is 2. The molecule has 128 valence electrons. The molecular weight excluding hydrogens is 343 g/mol. The third kappa shape index (κ3) is 3.56. The van der Waals surface area contributed by atoms with Gasteiger partial charge < -0.3 is 9.88 Å². The fourth-order valence-electron chi connectivity index (χ4n) is 2.79. The molecule has 0 fully saturated rings. The Morgan fingerprint density at radius 1 is 1.20 bits per heavy atom. The Hall–Kier alpha value is -2.66. The first-order chi connectivity index (χ1) is 11.8. The van der Waals surface area contributed by atoms with E-state index in [-0.39, 0.29) is 18.1 Å². The summed E-state index contributed by atoms with van der Waals surface area (Å²) >= 11 is 6.20. The Balaban J connectivity index is 1.90. The van der Waals surface area contributed by atoms with E-state index < -0.39 is 5.82 Å². The summed E-state index contributed by atoms with van der Waals surface area (Å²) in [5.41, 5.74) is 2.34. The quantitative estimate of drug-likeness (QED) is 0.753. The van der Waals surface area contributed by atoms with Crippen molar-refractivity contribution in [2.24, 2.45) is 7.05 Å². The molecule has 0 bridgehead atoms. The summed E-state index contributed by atoms with van der Waals surface area (Å²) in [6.45, 7) is 1.50. The van der Waals surface area contributed by atoms with Gasteiger partial charge in [0.2, 0.25) is 0 Å². The Bertz CT molecular complexity index is 994. The minimum atomic E-state index is -0.403. The van der Waals surface area contributed by atoms with Crippen molar-refractivity contribution >= 4 is 39.9 Å². The van der Waals surface area contributed by atoms with Gasteiger partial charge in [0.1, 0.15) is 11.6 Å². The number of carbonyl (C=O) groups excluding carboxylic acids is 2. The van der Waals surface area contributed by atoms with E-state index in [1.54, 1.807) is 42.1 Å². The standard InChI is InChI=1S/C19H16ClFN2O2/c1-11(24)7-12-3-5-17(16(20)8-12)22-19(25)15-10-23(2)18-6-4-13(21)9-14(15)18/h3-6,8-10H,7H2,1-2H3,(H,22,25). The van der Waals surface area contributed by atoms with E-state index in [4.69, 9.17) is 11.6 Å². The highest BCUT2D eigenvalue weighted by molar-refractivity contribution is 6.34. The largest absolute Gasteiger partial charge is 0.350 e. The zero-order valence-electron chi connectivity index (χ0n) is 13.8. The van der Waals surface area contributed by atoms with Crippen LogP contribution in [0.25, 0.3) is 10.9 Å². The van der Waals surface area contributed by atoms with E-state index in [1.807, 2.05) is 0 Å². The number of nitrogens with zero attached hydrogens (tertiary/aromatic N) is 1. The molecule has 1 heterocycles. The summed E-state index contributed by atoms with van der Waals surface area (Å²) in [6.07, 6.45) is 1.94. The molecule has 0 aliphatic heterocycles. The maximum atomic E-state index is 13.5. The van der Waals surface area contributed by atoms with Gasteiger partial charge in [-0.1, -0.05) is 17.7 Å². The number of Topliss-reactive ketones (excluding diaryl/α,β-unsaturated/α-hetero) is 1. The molecule has 3 aromatic rings. The van der Waals surface area contributed by atoms with Crippen LogP contribution in [0.2, 0.25) is 5.02 Å². The second kappa shape index (κ2) is 6.69. The topological polar surface area (TPSA) is 51.1 Å². The lowest BCUT2D eigenvalue weighted by molar-refractivity contribution is -0.116. The van der Waals surface area contributed by atoms with Crippen molar-refractivity contribution in [3.05, 3.63) is 64.6 Å². The van der Waals surface area contributed by atoms with E-state index >= 15 is 0 Å². The molecule has 4 nitrogen and oxygen atoms in total. The molecule has 2 aromatic carbocycles. The zero-order valence-corrected chi connectivity index (χ0v) is 14.5. The number of hydrogen-bond donors (Lipinski definition) is 1. The molecule has 0 unspecified atom stereocenters. The van der Waals surface area contributed by atoms with E-state index in [2.05, 4.69) is 5.32 Å². The summed E-state index contributed by atoms with van der Waals surface area (Å²) in [4.78, 5) is 23.8. The van der Waals surface area contributed by atoms with Gasteiger partial charge in [0.15, 0.2) is 0 Å². The lowest BCUT2D eigenvalue weighted by Crippen LogP contribution is -2.12. The highest BCUT2D eigenvalue weighted by Gasteiger charge is 2.16. The Kier molecular flexibility index (Phi) is 4.59. The maximum absolute atomic E-state index is 13.5. The van der Waals surface area contributed by atoms with E-state index in [0.717, 1.165) is 11.1 Å². The van der Waals surface area contributed by atoms with Gasteiger partial charge in [-0.25, -0.2) is 4.39 Å². The van der Waals surface area contributed by atoms with Gasteiger partial charge in [-0.05, 0) is 42.8 Å². The summed E-state index contributed by atoms with van der Waals surface area (Å²) in [5, 5.41) is 3.62. The van der Waals surface area contributed by atoms with Crippen LogP contribution >= 0.6 is 11.6 Å². The number of nitrogens with one attached hydrogen (secondary N) is 1. The molecule has 0 radical (unpaired) electrons. The van der Waals surface area contributed by atoms with Crippen LogP contribution in [-0.4, -0.2) is 16.3 Å². The fourth-order valence-corrected chi connectivity index (χ4v) is 3.04. The first-order valence-corrected chi connectivity index (χ1v) is 8.07. The number of halogens is 2. The van der Waals surface area contributed by atoms with Crippen molar-refractivity contribution in [1.29, 1.82) is 0 Å². The lowest BCUT2D eigenvalue weighted by Gasteiger charge is -2.08. The molecule has 3 rings (SSSR count). The smallest absolute Gasteiger partial charge is 0.257 e. The van der Waals surface area contributed by atoms with Crippen molar-refractivity contribution < 1.29 is 14.0 Å². The molecule has 0 aliphatic carbocycles. The number of rotatable bonds is 4. The number of aromatic nitrogens is 1. The van der Waals surface area contributed by atoms with Crippen molar-refractivity contribution in [2.45, 2.75) is 13.3 Å². The van der Waals surface area contributed by atoms with Gasteiger partial charge in [0, 0.05) is 30.6 Å². The van der Waals surface area contributed by atoms with Crippen molar-refractivity contribution in [2.75, 3.05) is 5.32 Å². The highest BCUT2D eigenvalue weighted by Crippen LogP contribution is 2.26. The Morgan fingerprint density at radius 2 is 1.96 bits per heavy atom. The molecule has 1 aromatic heterocycles. The SMILES string of the molecule is CC(=O)Cc1ccc(NC(=O)c2cn(C)c3ccc(F)cc23)c(Cl)c1. The van der Waals surface area contributed by atoms with Crippen molar-refractivity contribution in [1.82, 2.24) is 4.57 Å². The molecule has 0 atom stereocenters. The zero-order chi connectivity index (χ0) is 18.1. The number of amides is 1. The monoisotopic (exact) mass is 358 g/mol. The molecule has 0 saturated heterocycles. The van der Waals surface area contributed by atoms with Crippen LogP contribution in [0.5, 0.6) is 0 Å². The maximum Gasteiger partial charge on any atom is 0.257 e. The van der Waals surface area contributed by atoms with Crippen LogP contribution in [0, 0.1) is 5.82 Å². The van der Waals surface area contributed by atoms with Gasteiger partial charge in [0.05, 0.1) is 16.3 Å². The van der Waals surface area contributed by atoms with Gasteiger partial charge in [0.25, 0.3) is 5.91 Å². The van der Waals surface area contributed by atoms with Crippen LogP contribution in [-0.2, 0) is 18.3 Å². The highest BCUT2D eigenvalue weighted by atomic mass is 35.5. The first-order valence-electron chi connectivity index (χ1n) is 7.69. The molecule has 25 heavy (non-hydrogen) atoms. The molecular formula is C19H16ClFN2O2. The second-order valence-corrected chi connectivity index (χ2v) is 6.37. The lowest BCUT2D eigenvalue weighted by atomic mass is 10.1. The molecule has 6 heteroatoms. The molecule has 0 saturated carbocycles. The molecule has 1 N–H and O–H groups in total. The van der Waals surface area contributed by atoms with Crippen LogP contribution in [0.15, 0.2) is 42.6 Å². The third-order valence-electron chi connectivity index (χ3n) is 3.93. The van der Waals surface area contributed by atoms with Gasteiger partial charge >= 0.3 is 0 Å². The average molecular weight is 359 g/mol. The molecule has 0 spiro atoms. The summed E-state index contributed by atoms with van der Waals surface area (Å²) in [5.74, 6) is -0.748. The number of aryl methyl sites for hydroxylation is 1. The molecule has 0 aliphatic rings. The predicted octanol–water partition coefficient (Wildman–Crippen LogP) is 4.35. The fraction of sp³-hybridized carbons (Fsp3) is 0.158. The number of ketones is 1. The predicted molar refractivity (Wildman–Crippen MR) is 96.7 cm³/mol. The first kappa shape index (κ1) is 17.2. The van der Waals surface area contributed by atoms with Gasteiger partial charge in [-0.15, -0.1) is 0 Å². The van der Waals surface area contributed by atoms with Crippen molar-refractivity contribution in [3.8, 4) is 0 Å². The average Bonchev–Trinajstić information content (AvgIpc) is 2.86. The minimum Gasteiger partial charge on any atom is -0.350 e. The number of benzene rings is 2. The summed E-state index contributed by atoms with van der Waals surface area (Å²) in [7, 11) is 1.79. The Labute approximate surface area is 149 Å². The normalized spacial score (nSPS) is 10.9. The number of hydrogen-bond acceptors (Lipinski definition) is 2. The third-order valence-corrected chi connectivity index (χ3v) is 4.24. The number of fused-ring (bicyclic) bond motifs is 1. The van der Waals surface area contributed by atoms with Crippen molar-refractivity contribution in [3.63, 3.8) is 0 Å². The van der Waals surface area contributed by atoms with E-state index in [1.165, 1.54) is 19.1 Å². The number of anilines is 1. The van der Waals surface area contributed by atoms with Crippen LogP contribution in [0.1, 0.15) is 22.8 Å². The van der Waals surface area contributed by atoms with Gasteiger partial charge in [-0.2, -0.15) is 0 Å². The summed E-state index contributed by atoms with van der Waals surface area (Å²) in [6, 6.07) is 9.37. The van der Waals surface area contributed by atoms with Crippen LogP contribution < -0.4 is 5.32 Å². The van der Waals surface area contributed by atoms with E-state index in [9.17, 15) is 14.0 Å². The minimum absolute atomic E-state index is 0.0330.